The van der Waals surface area contributed by atoms with Gasteiger partial charge in [0.05, 0.1) is 17.1 Å². The van der Waals surface area contributed by atoms with Gasteiger partial charge in [-0.25, -0.2) is 9.99 Å². The minimum Gasteiger partial charge on any atom is -0.277 e. The fourth-order valence-electron chi connectivity index (χ4n) is 3.64. The Kier molecular flexibility index (Phi) is 5.18. The maximum atomic E-state index is 4.65. The lowest BCUT2D eigenvalue weighted by Gasteiger charge is -2.37. The third-order valence-electron chi connectivity index (χ3n) is 5.08. The van der Waals surface area contributed by atoms with Crippen LogP contribution in [0.2, 0.25) is 0 Å². The highest BCUT2D eigenvalue weighted by Gasteiger charge is 2.21. The number of nitrogens with one attached hydrogen (secondary N) is 1. The molecule has 0 aliphatic rings. The number of benzene rings is 4. The molecule has 4 aromatic carbocycles. The Morgan fingerprint density at radius 2 is 1.16 bits per heavy atom. The molecule has 0 saturated carbocycles. The third-order valence-corrected chi connectivity index (χ3v) is 5.08. The Morgan fingerprint density at radius 3 is 1.84 bits per heavy atom. The Balaban J connectivity index is 1.67. The van der Waals surface area contributed by atoms with Gasteiger partial charge in [-0.2, -0.15) is 5.12 Å². The molecule has 5 aromatic rings. The zero-order valence-electron chi connectivity index (χ0n) is 17.0. The summed E-state index contributed by atoms with van der Waals surface area (Å²) in [6.45, 7) is 0. The molecule has 0 saturated heterocycles. The summed E-state index contributed by atoms with van der Waals surface area (Å²) in [5, 5.41) is 6.45. The lowest BCUT2D eigenvalue weighted by atomic mass is 10.1. The van der Waals surface area contributed by atoms with Gasteiger partial charge in [0, 0.05) is 11.6 Å². The van der Waals surface area contributed by atoms with Crippen LogP contribution in [0.1, 0.15) is 0 Å². The molecule has 4 nitrogen and oxygen atoms in total. The van der Waals surface area contributed by atoms with Gasteiger partial charge in [0.25, 0.3) is 0 Å². The largest absolute Gasteiger partial charge is 0.277 e. The smallest absolute Gasteiger partial charge is 0.170 e. The molecule has 0 radical (unpaired) electrons. The molecule has 0 aliphatic heterocycles. The highest BCUT2D eigenvalue weighted by atomic mass is 15.8. The number of hydrogen-bond donors (Lipinski definition) is 1. The van der Waals surface area contributed by atoms with Crippen molar-refractivity contribution in [2.24, 2.45) is 0 Å². The van der Waals surface area contributed by atoms with Crippen molar-refractivity contribution in [1.82, 2.24) is 4.98 Å². The number of rotatable bonds is 6. The van der Waals surface area contributed by atoms with Gasteiger partial charge in [0.1, 0.15) is 0 Å². The fourth-order valence-corrected chi connectivity index (χ4v) is 3.64. The average molecular weight is 403 g/mol. The lowest BCUT2D eigenvalue weighted by Crippen LogP contribution is -2.44. The minimum atomic E-state index is 0.781. The maximum absolute atomic E-state index is 4.65. The molecule has 31 heavy (non-hydrogen) atoms. The fraction of sp³-hybridized carbons (Fsp3) is 0. The van der Waals surface area contributed by atoms with E-state index in [1.165, 1.54) is 5.39 Å². The zero-order valence-corrected chi connectivity index (χ0v) is 17.0. The van der Waals surface area contributed by atoms with Crippen molar-refractivity contribution in [3.8, 4) is 0 Å². The van der Waals surface area contributed by atoms with Crippen molar-refractivity contribution in [3.63, 3.8) is 0 Å². The van der Waals surface area contributed by atoms with Gasteiger partial charge in [0.2, 0.25) is 0 Å². The minimum absolute atomic E-state index is 0.781. The normalized spacial score (nSPS) is 10.6. The van der Waals surface area contributed by atoms with E-state index in [0.29, 0.717) is 0 Å². The summed E-state index contributed by atoms with van der Waals surface area (Å²) in [5.74, 6) is 0.781. The highest BCUT2D eigenvalue weighted by molar-refractivity contribution is 5.94. The topological polar surface area (TPSA) is 31.4 Å². The van der Waals surface area contributed by atoms with Crippen molar-refractivity contribution in [2.45, 2.75) is 0 Å². The van der Waals surface area contributed by atoms with Gasteiger partial charge >= 0.3 is 0 Å². The van der Waals surface area contributed by atoms with Crippen LogP contribution in [-0.2, 0) is 0 Å². The Bertz CT molecular complexity index is 1210. The number of para-hydroxylation sites is 2. The summed E-state index contributed by atoms with van der Waals surface area (Å²) in [6.07, 6.45) is 1.81. The van der Waals surface area contributed by atoms with E-state index in [9.17, 15) is 0 Å². The summed E-state index contributed by atoms with van der Waals surface area (Å²) in [6, 6.07) is 41.1. The first-order valence-corrected chi connectivity index (χ1v) is 10.3. The number of fused-ring (bicyclic) bond motifs is 1. The number of pyridine rings is 1. The standard InChI is InChI=1S/C27H22N4/c1-3-14-23(15-4-1)30(24-16-5-2-6-17-24)31(27-20-9-10-21-28-27)29-26-19-11-13-22-12-7-8-18-25(22)26/h1-21,29H. The van der Waals surface area contributed by atoms with Crippen molar-refractivity contribution >= 4 is 33.7 Å². The van der Waals surface area contributed by atoms with Crippen LogP contribution in [0, 0.1) is 0 Å². The van der Waals surface area contributed by atoms with Gasteiger partial charge in [-0.05, 0) is 47.9 Å². The van der Waals surface area contributed by atoms with Gasteiger partial charge in [-0.15, -0.1) is 0 Å². The predicted octanol–water partition coefficient (Wildman–Crippen LogP) is 6.82. The van der Waals surface area contributed by atoms with E-state index in [4.69, 9.17) is 0 Å². The number of hydrogen-bond acceptors (Lipinski definition) is 4. The molecule has 0 atom stereocenters. The summed E-state index contributed by atoms with van der Waals surface area (Å²) >= 11 is 0. The Morgan fingerprint density at radius 1 is 0.548 bits per heavy atom. The van der Waals surface area contributed by atoms with E-state index >= 15 is 0 Å². The quantitative estimate of drug-likeness (QED) is 0.316. The first-order valence-electron chi connectivity index (χ1n) is 10.3. The molecule has 1 heterocycles. The van der Waals surface area contributed by atoms with Crippen LogP contribution in [0.4, 0.5) is 22.9 Å². The molecule has 0 amide bonds. The molecular weight excluding hydrogens is 380 g/mol. The van der Waals surface area contributed by atoms with E-state index in [1.54, 1.807) is 6.20 Å². The summed E-state index contributed by atoms with van der Waals surface area (Å²) in [4.78, 5) is 4.65. The first-order chi connectivity index (χ1) is 15.4. The summed E-state index contributed by atoms with van der Waals surface area (Å²) in [5.41, 5.74) is 6.67. The number of nitrogens with zero attached hydrogens (tertiary/aromatic N) is 3. The SMILES string of the molecule is c1ccc(N(c2ccccc2)N(Nc2cccc3ccccc23)c2ccccn2)cc1. The molecule has 0 fully saturated rings. The molecular formula is C27H22N4. The first kappa shape index (κ1) is 18.7. The van der Waals surface area contributed by atoms with Crippen LogP contribution >= 0.6 is 0 Å². The lowest BCUT2D eigenvalue weighted by molar-refractivity contribution is 0.897. The highest BCUT2D eigenvalue weighted by Crippen LogP contribution is 2.32. The van der Waals surface area contributed by atoms with Gasteiger partial charge in [-0.1, -0.05) is 78.9 Å². The second kappa shape index (κ2) is 8.59. The summed E-state index contributed by atoms with van der Waals surface area (Å²) < 4.78 is 0. The molecule has 4 heteroatoms. The van der Waals surface area contributed by atoms with Crippen LogP contribution in [0.3, 0.4) is 0 Å². The van der Waals surface area contributed by atoms with E-state index in [1.807, 2.05) is 59.7 Å². The third kappa shape index (κ3) is 3.91. The van der Waals surface area contributed by atoms with Crippen molar-refractivity contribution in [1.29, 1.82) is 0 Å². The van der Waals surface area contributed by atoms with Crippen molar-refractivity contribution in [3.05, 3.63) is 128 Å². The van der Waals surface area contributed by atoms with Crippen LogP contribution in [0.25, 0.3) is 10.8 Å². The molecule has 1 N–H and O–H groups in total. The predicted molar refractivity (Wildman–Crippen MR) is 129 cm³/mol. The van der Waals surface area contributed by atoms with E-state index in [-0.39, 0.29) is 0 Å². The summed E-state index contributed by atoms with van der Waals surface area (Å²) in [7, 11) is 0. The zero-order chi connectivity index (χ0) is 20.9. The van der Waals surface area contributed by atoms with Gasteiger partial charge in [0.15, 0.2) is 5.82 Å². The van der Waals surface area contributed by atoms with Crippen LogP contribution in [0.5, 0.6) is 0 Å². The Hall–Kier alpha value is -4.31. The average Bonchev–Trinajstić information content (AvgIpc) is 2.86. The van der Waals surface area contributed by atoms with E-state index in [0.717, 1.165) is 28.3 Å². The molecule has 1 aromatic heterocycles. The molecule has 0 spiro atoms. The van der Waals surface area contributed by atoms with Gasteiger partial charge in [-0.3, -0.25) is 5.43 Å². The molecule has 0 unspecified atom stereocenters. The monoisotopic (exact) mass is 402 g/mol. The van der Waals surface area contributed by atoms with Crippen molar-refractivity contribution in [2.75, 3.05) is 15.6 Å². The van der Waals surface area contributed by atoms with E-state index in [2.05, 4.69) is 82.1 Å². The van der Waals surface area contributed by atoms with Gasteiger partial charge < -0.3 is 0 Å². The molecule has 0 bridgehead atoms. The van der Waals surface area contributed by atoms with Crippen LogP contribution in [0.15, 0.2) is 128 Å². The van der Waals surface area contributed by atoms with E-state index < -0.39 is 0 Å². The van der Waals surface area contributed by atoms with Crippen LogP contribution in [-0.4, -0.2) is 4.98 Å². The number of hydrazine groups is 2. The second-order valence-corrected chi connectivity index (χ2v) is 7.12. The second-order valence-electron chi connectivity index (χ2n) is 7.12. The van der Waals surface area contributed by atoms with Crippen molar-refractivity contribution < 1.29 is 0 Å². The molecule has 150 valence electrons. The maximum Gasteiger partial charge on any atom is 0.170 e. The Labute approximate surface area is 182 Å². The number of aromatic nitrogens is 1. The molecule has 5 rings (SSSR count). The van der Waals surface area contributed by atoms with Crippen LogP contribution < -0.4 is 15.6 Å². The molecule has 0 aliphatic carbocycles. The number of anilines is 4.